The van der Waals surface area contributed by atoms with Gasteiger partial charge in [0.1, 0.15) is 11.6 Å². The van der Waals surface area contributed by atoms with Crippen LogP contribution in [-0.4, -0.2) is 14.8 Å². The first-order chi connectivity index (χ1) is 8.65. The quantitative estimate of drug-likeness (QED) is 0.840. The monoisotopic (exact) mass is 246 g/mol. The lowest BCUT2D eigenvalue weighted by atomic mass is 10.0. The highest BCUT2D eigenvalue weighted by Crippen LogP contribution is 2.30. The number of fused-ring (bicyclic) bond motifs is 1. The maximum absolute atomic E-state index is 12.9. The molecule has 1 aromatic heterocycles. The minimum absolute atomic E-state index is 0.0529. The molecule has 1 aliphatic heterocycles. The van der Waals surface area contributed by atoms with Crippen molar-refractivity contribution >= 4 is 0 Å². The molecule has 1 aliphatic rings. The van der Waals surface area contributed by atoms with Gasteiger partial charge in [0.25, 0.3) is 0 Å². The maximum atomic E-state index is 12.9. The molecule has 0 aliphatic carbocycles. The van der Waals surface area contributed by atoms with Crippen LogP contribution in [0.15, 0.2) is 24.3 Å². The van der Waals surface area contributed by atoms with E-state index in [1.165, 1.54) is 12.1 Å². The summed E-state index contributed by atoms with van der Waals surface area (Å²) in [5.41, 5.74) is 6.86. The predicted octanol–water partition coefficient (Wildman–Crippen LogP) is 2.44. The van der Waals surface area contributed by atoms with Gasteiger partial charge >= 0.3 is 0 Å². The molecule has 0 bridgehead atoms. The summed E-state index contributed by atoms with van der Waals surface area (Å²) in [5.74, 6) is 1.19. The van der Waals surface area contributed by atoms with Crippen LogP contribution in [0.3, 0.4) is 0 Å². The second-order valence-corrected chi connectivity index (χ2v) is 4.78. The van der Waals surface area contributed by atoms with Gasteiger partial charge in [-0.1, -0.05) is 0 Å². The predicted molar refractivity (Wildman–Crippen MR) is 66.3 cm³/mol. The van der Waals surface area contributed by atoms with E-state index in [0.717, 1.165) is 24.2 Å². The summed E-state index contributed by atoms with van der Waals surface area (Å²) in [7, 11) is 0. The van der Waals surface area contributed by atoms with Crippen molar-refractivity contribution in [2.75, 3.05) is 0 Å². The van der Waals surface area contributed by atoms with Gasteiger partial charge in [-0.2, -0.15) is 5.10 Å². The van der Waals surface area contributed by atoms with Crippen molar-refractivity contribution in [1.82, 2.24) is 14.8 Å². The first-order valence-electron chi connectivity index (χ1n) is 6.13. The number of hydrogen-bond donors (Lipinski definition) is 1. The number of aromatic nitrogens is 3. The van der Waals surface area contributed by atoms with Gasteiger partial charge in [-0.25, -0.2) is 14.1 Å². The molecule has 0 amide bonds. The van der Waals surface area contributed by atoms with Gasteiger partial charge in [-0.15, -0.1) is 0 Å². The van der Waals surface area contributed by atoms with E-state index in [1.807, 2.05) is 4.68 Å². The van der Waals surface area contributed by atoms with Crippen molar-refractivity contribution in [2.24, 2.45) is 5.73 Å². The Morgan fingerprint density at radius 3 is 2.67 bits per heavy atom. The Morgan fingerprint density at radius 1 is 1.28 bits per heavy atom. The van der Waals surface area contributed by atoms with Gasteiger partial charge in [0, 0.05) is 5.56 Å². The Kier molecular flexibility index (Phi) is 2.63. The van der Waals surface area contributed by atoms with Crippen molar-refractivity contribution in [3.05, 3.63) is 35.9 Å². The molecule has 2 heterocycles. The van der Waals surface area contributed by atoms with Crippen molar-refractivity contribution in [3.63, 3.8) is 0 Å². The highest BCUT2D eigenvalue weighted by Gasteiger charge is 2.25. The van der Waals surface area contributed by atoms with Crippen molar-refractivity contribution in [3.8, 4) is 11.4 Å². The highest BCUT2D eigenvalue weighted by molar-refractivity contribution is 5.54. The summed E-state index contributed by atoms with van der Waals surface area (Å²) in [5, 5.41) is 4.49. The minimum atomic E-state index is -0.257. The third-order valence-corrected chi connectivity index (χ3v) is 3.40. The standard InChI is InChI=1S/C13H15FN4/c1-8-2-7-11(15)13-16-12(17-18(8)13)9-3-5-10(14)6-4-9/h3-6,8,11H,2,7,15H2,1H3. The fourth-order valence-electron chi connectivity index (χ4n) is 2.31. The van der Waals surface area contributed by atoms with E-state index in [-0.39, 0.29) is 11.9 Å². The number of hydrogen-bond acceptors (Lipinski definition) is 3. The van der Waals surface area contributed by atoms with Gasteiger partial charge in [-0.3, -0.25) is 0 Å². The molecule has 4 nitrogen and oxygen atoms in total. The van der Waals surface area contributed by atoms with Crippen LogP contribution >= 0.6 is 0 Å². The SMILES string of the molecule is CC1CCC(N)c2nc(-c3ccc(F)cc3)nn21. The normalized spacial score (nSPS) is 22.8. The van der Waals surface area contributed by atoms with E-state index in [1.54, 1.807) is 12.1 Å². The third-order valence-electron chi connectivity index (χ3n) is 3.40. The first-order valence-corrected chi connectivity index (χ1v) is 6.13. The Morgan fingerprint density at radius 2 is 2.00 bits per heavy atom. The van der Waals surface area contributed by atoms with Crippen LogP contribution in [0.5, 0.6) is 0 Å². The van der Waals surface area contributed by atoms with Crippen molar-refractivity contribution < 1.29 is 4.39 Å². The van der Waals surface area contributed by atoms with Crippen LogP contribution in [0, 0.1) is 5.82 Å². The highest BCUT2D eigenvalue weighted by atomic mass is 19.1. The lowest BCUT2D eigenvalue weighted by Crippen LogP contribution is -2.25. The number of nitrogens with zero attached hydrogens (tertiary/aromatic N) is 3. The fourth-order valence-corrected chi connectivity index (χ4v) is 2.31. The van der Waals surface area contributed by atoms with Crippen LogP contribution in [0.25, 0.3) is 11.4 Å². The summed E-state index contributed by atoms with van der Waals surface area (Å²) in [6, 6.07) is 6.47. The largest absolute Gasteiger partial charge is 0.321 e. The summed E-state index contributed by atoms with van der Waals surface area (Å²) in [6.07, 6.45) is 1.95. The minimum Gasteiger partial charge on any atom is -0.321 e. The molecule has 18 heavy (non-hydrogen) atoms. The molecule has 0 saturated heterocycles. The summed E-state index contributed by atoms with van der Waals surface area (Å²) in [4.78, 5) is 4.49. The molecule has 0 spiro atoms. The Bertz CT molecular complexity index is 533. The molecule has 5 heteroatoms. The second kappa shape index (κ2) is 4.17. The number of rotatable bonds is 1. The van der Waals surface area contributed by atoms with Crippen LogP contribution < -0.4 is 5.73 Å². The zero-order chi connectivity index (χ0) is 12.7. The fraction of sp³-hybridized carbons (Fsp3) is 0.385. The van der Waals surface area contributed by atoms with Gasteiger partial charge in [0.05, 0.1) is 12.1 Å². The molecule has 2 N–H and O–H groups in total. The second-order valence-electron chi connectivity index (χ2n) is 4.78. The average molecular weight is 246 g/mol. The maximum Gasteiger partial charge on any atom is 0.181 e. The summed E-state index contributed by atoms with van der Waals surface area (Å²) in [6.45, 7) is 2.11. The molecular weight excluding hydrogens is 231 g/mol. The molecule has 0 fully saturated rings. The van der Waals surface area contributed by atoms with E-state index in [4.69, 9.17) is 5.73 Å². The van der Waals surface area contributed by atoms with Crippen LogP contribution in [-0.2, 0) is 0 Å². The van der Waals surface area contributed by atoms with Crippen LogP contribution in [0.2, 0.25) is 0 Å². The first kappa shape index (κ1) is 11.3. The average Bonchev–Trinajstić information content (AvgIpc) is 2.81. The van der Waals surface area contributed by atoms with E-state index < -0.39 is 0 Å². The van der Waals surface area contributed by atoms with Gasteiger partial charge < -0.3 is 5.73 Å². The van der Waals surface area contributed by atoms with E-state index in [0.29, 0.717) is 11.9 Å². The zero-order valence-corrected chi connectivity index (χ0v) is 10.2. The molecule has 3 rings (SSSR count). The molecule has 0 radical (unpaired) electrons. The Balaban J connectivity index is 2.04. The number of halogens is 1. The summed E-state index contributed by atoms with van der Waals surface area (Å²) < 4.78 is 14.8. The number of benzene rings is 1. The Labute approximate surface area is 105 Å². The number of nitrogens with two attached hydrogens (primary N) is 1. The lowest BCUT2D eigenvalue weighted by molar-refractivity contribution is 0.350. The summed E-state index contributed by atoms with van der Waals surface area (Å²) >= 11 is 0. The molecular formula is C13H15FN4. The third kappa shape index (κ3) is 1.80. The van der Waals surface area contributed by atoms with Gasteiger partial charge in [-0.05, 0) is 44.0 Å². The van der Waals surface area contributed by atoms with E-state index in [2.05, 4.69) is 17.0 Å². The van der Waals surface area contributed by atoms with Crippen molar-refractivity contribution in [1.29, 1.82) is 0 Å². The van der Waals surface area contributed by atoms with Crippen LogP contribution in [0.1, 0.15) is 37.7 Å². The molecule has 1 aromatic carbocycles. The topological polar surface area (TPSA) is 56.7 Å². The van der Waals surface area contributed by atoms with E-state index in [9.17, 15) is 4.39 Å². The van der Waals surface area contributed by atoms with E-state index >= 15 is 0 Å². The molecule has 94 valence electrons. The zero-order valence-electron chi connectivity index (χ0n) is 10.2. The molecule has 0 saturated carbocycles. The lowest BCUT2D eigenvalue weighted by Gasteiger charge is -2.23. The molecule has 2 aromatic rings. The van der Waals surface area contributed by atoms with Crippen LogP contribution in [0.4, 0.5) is 4.39 Å². The van der Waals surface area contributed by atoms with Crippen molar-refractivity contribution in [2.45, 2.75) is 31.8 Å². The Hall–Kier alpha value is -1.75. The smallest absolute Gasteiger partial charge is 0.181 e. The molecule has 2 unspecified atom stereocenters. The van der Waals surface area contributed by atoms with Gasteiger partial charge in [0.15, 0.2) is 5.82 Å². The molecule has 2 atom stereocenters. The van der Waals surface area contributed by atoms with Gasteiger partial charge in [0.2, 0.25) is 0 Å².